The fourth-order valence-electron chi connectivity index (χ4n) is 0.383. The van der Waals surface area contributed by atoms with Gasteiger partial charge in [0.1, 0.15) is 0 Å². The molecular weight excluding hydrogens is 239 g/mol. The summed E-state index contributed by atoms with van der Waals surface area (Å²) in [5.41, 5.74) is 0. The first kappa shape index (κ1) is 15.0. The molecule has 4 nitrogen and oxygen atoms in total. The van der Waals surface area contributed by atoms with E-state index >= 15 is 0 Å². The minimum Gasteiger partial charge on any atom is -1.00 e. The summed E-state index contributed by atoms with van der Waals surface area (Å²) in [6.45, 7) is 2.34. The second-order valence-corrected chi connectivity index (χ2v) is 5.60. The molecule has 0 radical (unpaired) electrons. The first-order valence-electron chi connectivity index (χ1n) is 3.04. The first-order valence-corrected chi connectivity index (χ1v) is 6.11. The molecule has 0 aromatic heterocycles. The molecule has 0 bridgehead atoms. The second-order valence-electron chi connectivity index (χ2n) is 1.65. The van der Waals surface area contributed by atoms with Crippen molar-refractivity contribution >= 4 is 52.3 Å². The van der Waals surface area contributed by atoms with Crippen LogP contribution < -0.4 is 0 Å². The van der Waals surface area contributed by atoms with E-state index < -0.39 is 14.5 Å². The molecule has 0 atom stereocenters. The van der Waals surface area contributed by atoms with Gasteiger partial charge >= 0.3 is 101 Å². The van der Waals surface area contributed by atoms with E-state index in [0.29, 0.717) is 6.61 Å². The molecule has 0 aliphatic rings. The maximum absolute atomic E-state index is 11.1. The minimum atomic E-state index is -3.79. The molecule has 0 aliphatic carbocycles. The quantitative estimate of drug-likeness (QED) is 0.667. The third-order valence-corrected chi connectivity index (χ3v) is 3.82. The van der Waals surface area contributed by atoms with Crippen LogP contribution in [-0.4, -0.2) is 73.1 Å². The molecule has 66 valence electrons. The Morgan fingerprint density at radius 3 is 2.09 bits per heavy atom. The van der Waals surface area contributed by atoms with Gasteiger partial charge in [-0.05, 0) is 0 Å². The van der Waals surface area contributed by atoms with Gasteiger partial charge in [0.05, 0.1) is 0 Å². The summed E-state index contributed by atoms with van der Waals surface area (Å²) in [5.74, 6) is 0. The van der Waals surface area contributed by atoms with E-state index in [1.54, 1.807) is 0 Å². The van der Waals surface area contributed by atoms with Gasteiger partial charge < -0.3 is 2.85 Å². The molecule has 0 unspecified atom stereocenters. The van der Waals surface area contributed by atoms with Crippen LogP contribution in [0.25, 0.3) is 0 Å². The number of rotatable bonds is 5. The summed E-state index contributed by atoms with van der Waals surface area (Å²) in [4.78, 5) is 0. The van der Waals surface area contributed by atoms with E-state index in [9.17, 15) is 3.74 Å². The van der Waals surface area contributed by atoms with Crippen molar-refractivity contribution in [2.45, 2.75) is 13.3 Å². The summed E-state index contributed by atoms with van der Waals surface area (Å²) < 4.78 is 25.1. The summed E-state index contributed by atoms with van der Waals surface area (Å²) in [6.07, 6.45) is 0.804. The van der Waals surface area contributed by atoms with Crippen LogP contribution in [0.1, 0.15) is 16.2 Å². The van der Waals surface area contributed by atoms with Crippen molar-refractivity contribution < 1.29 is 17.8 Å². The molecule has 0 aromatic rings. The Bertz CT molecular complexity index is 130. The standard InChI is InChI=1S/C5H13AsO4.Ca.2H/c1-4-5-10-6(7,8-2)9-3;;;/h4-5H2,1-3H3;;;/q;+2;2*-1. The van der Waals surface area contributed by atoms with Crippen LogP contribution in [0.3, 0.4) is 0 Å². The zero-order valence-electron chi connectivity index (χ0n) is 9.20. The average Bonchev–Trinajstić information content (AvgIpc) is 2.00. The summed E-state index contributed by atoms with van der Waals surface area (Å²) in [7, 11) is 2.64. The third-order valence-electron chi connectivity index (χ3n) is 0.901. The van der Waals surface area contributed by atoms with Crippen molar-refractivity contribution in [1.29, 1.82) is 0 Å². The minimum absolute atomic E-state index is 0. The Labute approximate surface area is 103 Å². The summed E-state index contributed by atoms with van der Waals surface area (Å²) in [6, 6.07) is 0. The van der Waals surface area contributed by atoms with Gasteiger partial charge in [-0.15, -0.1) is 0 Å². The average molecular weight is 254 g/mol. The summed E-state index contributed by atoms with van der Waals surface area (Å²) in [5, 5.41) is 0. The number of hydrogen-bond acceptors (Lipinski definition) is 4. The summed E-state index contributed by atoms with van der Waals surface area (Å²) >= 11 is -3.79. The van der Waals surface area contributed by atoms with Crippen LogP contribution in [0.2, 0.25) is 0 Å². The zero-order chi connectivity index (χ0) is 8.04. The normalized spacial score (nSPS) is 10.8. The van der Waals surface area contributed by atoms with Gasteiger partial charge in [-0.3, -0.25) is 0 Å². The monoisotopic (exact) mass is 254 g/mol. The molecule has 6 heteroatoms. The Hall–Kier alpha value is 1.50. The molecule has 11 heavy (non-hydrogen) atoms. The molecule has 0 N–H and O–H groups in total. The molecule has 0 rings (SSSR count). The van der Waals surface area contributed by atoms with Gasteiger partial charge in [-0.2, -0.15) is 0 Å². The Kier molecular flexibility index (Phi) is 11.1. The van der Waals surface area contributed by atoms with Crippen molar-refractivity contribution in [3.05, 3.63) is 0 Å². The fraction of sp³-hybridized carbons (Fsp3) is 1.00. The predicted octanol–water partition coefficient (Wildman–Crippen LogP) is 0.416. The van der Waals surface area contributed by atoms with Gasteiger partial charge in [0.15, 0.2) is 0 Å². The molecule has 0 heterocycles. The SMILES string of the molecule is CCCO[As](=O)(OC)OC.[Ca+2].[H-].[H-]. The van der Waals surface area contributed by atoms with E-state index in [4.69, 9.17) is 3.73 Å². The van der Waals surface area contributed by atoms with Gasteiger partial charge in [0.25, 0.3) is 0 Å². The molecule has 0 aliphatic heterocycles. The third kappa shape index (κ3) is 6.64. The molecule has 0 saturated heterocycles. The predicted molar refractivity (Wildman–Crippen MR) is 44.7 cm³/mol. The van der Waals surface area contributed by atoms with Crippen molar-refractivity contribution in [3.63, 3.8) is 0 Å². The van der Waals surface area contributed by atoms with Crippen LogP contribution in [0.4, 0.5) is 0 Å². The van der Waals surface area contributed by atoms with Crippen LogP contribution in [0.15, 0.2) is 0 Å². The van der Waals surface area contributed by atoms with E-state index in [-0.39, 0.29) is 40.6 Å². The molecular formula is C5H15AsCaO4. The van der Waals surface area contributed by atoms with Crippen LogP contribution in [-0.2, 0) is 14.9 Å². The van der Waals surface area contributed by atoms with Crippen molar-refractivity contribution in [2.75, 3.05) is 20.8 Å². The van der Waals surface area contributed by atoms with Crippen molar-refractivity contribution in [3.8, 4) is 0 Å². The van der Waals surface area contributed by atoms with E-state index in [2.05, 4.69) is 7.45 Å². The van der Waals surface area contributed by atoms with Gasteiger partial charge in [0.2, 0.25) is 0 Å². The molecule has 0 saturated carbocycles. The topological polar surface area (TPSA) is 44.8 Å². The Morgan fingerprint density at radius 2 is 1.82 bits per heavy atom. The maximum Gasteiger partial charge on any atom is 2.00 e. The molecule has 0 aromatic carbocycles. The van der Waals surface area contributed by atoms with E-state index in [1.165, 1.54) is 14.2 Å². The molecule has 0 spiro atoms. The second kappa shape index (κ2) is 8.11. The van der Waals surface area contributed by atoms with Crippen LogP contribution in [0, 0.1) is 0 Å². The van der Waals surface area contributed by atoms with Gasteiger partial charge in [-0.1, -0.05) is 0 Å². The Balaban J connectivity index is -0.000000135. The fourth-order valence-corrected chi connectivity index (χ4v) is 1.99. The van der Waals surface area contributed by atoms with E-state index in [0.717, 1.165) is 6.42 Å². The largest absolute Gasteiger partial charge is 2.00 e. The van der Waals surface area contributed by atoms with Crippen LogP contribution in [0.5, 0.6) is 0 Å². The van der Waals surface area contributed by atoms with Gasteiger partial charge in [-0.25, -0.2) is 0 Å². The van der Waals surface area contributed by atoms with E-state index in [1.807, 2.05) is 6.92 Å². The van der Waals surface area contributed by atoms with Crippen LogP contribution >= 0.6 is 0 Å². The first-order chi connectivity index (χ1) is 4.68. The number of hydrogen-bond donors (Lipinski definition) is 0. The zero-order valence-corrected chi connectivity index (χ0v) is 11.3. The van der Waals surface area contributed by atoms with Crippen molar-refractivity contribution in [1.82, 2.24) is 0 Å². The van der Waals surface area contributed by atoms with Gasteiger partial charge in [0, 0.05) is 0 Å². The molecule has 0 amide bonds. The maximum atomic E-state index is 11.1. The van der Waals surface area contributed by atoms with Crippen molar-refractivity contribution in [2.24, 2.45) is 0 Å². The Morgan fingerprint density at radius 1 is 1.36 bits per heavy atom. The smallest absolute Gasteiger partial charge is 1.00 e. The molecule has 0 fully saturated rings.